The first-order chi connectivity index (χ1) is 10.5. The minimum atomic E-state index is -1.10. The summed E-state index contributed by atoms with van der Waals surface area (Å²) in [7, 11) is -1.10. The van der Waals surface area contributed by atoms with Crippen LogP contribution in [-0.4, -0.2) is 34.3 Å². The number of para-hydroxylation sites is 1. The fourth-order valence-corrected chi connectivity index (χ4v) is 3.07. The van der Waals surface area contributed by atoms with Crippen molar-refractivity contribution < 1.29 is 4.74 Å². The van der Waals surface area contributed by atoms with Crippen molar-refractivity contribution in [3.8, 4) is 0 Å². The molecule has 0 amide bonds. The highest BCUT2D eigenvalue weighted by Crippen LogP contribution is 2.13. The van der Waals surface area contributed by atoms with E-state index < -0.39 is 8.07 Å². The van der Waals surface area contributed by atoms with Gasteiger partial charge >= 0.3 is 0 Å². The minimum Gasteiger partial charge on any atom is -0.374 e. The van der Waals surface area contributed by atoms with Gasteiger partial charge in [-0.15, -0.1) is 10.2 Å². The molecule has 0 saturated heterocycles. The number of benzene rings is 1. The number of aromatic amines is 1. The Morgan fingerprint density at radius 3 is 2.77 bits per heavy atom. The van der Waals surface area contributed by atoms with E-state index in [9.17, 15) is 4.79 Å². The molecule has 0 spiro atoms. The van der Waals surface area contributed by atoms with Crippen molar-refractivity contribution in [2.75, 3.05) is 6.61 Å². The normalized spacial score (nSPS) is 12.3. The second kappa shape index (κ2) is 5.66. The lowest BCUT2D eigenvalue weighted by atomic mass is 10.2. The number of rotatable bonds is 5. The fraction of sp³-hybridized carbons (Fsp3) is 0.400. The van der Waals surface area contributed by atoms with Gasteiger partial charge in [0, 0.05) is 14.7 Å². The van der Waals surface area contributed by atoms with Gasteiger partial charge in [0.2, 0.25) is 5.78 Å². The Bertz CT molecular complexity index is 863. The van der Waals surface area contributed by atoms with Gasteiger partial charge in [0.15, 0.2) is 5.82 Å². The highest BCUT2D eigenvalue weighted by atomic mass is 28.3. The van der Waals surface area contributed by atoms with Crippen LogP contribution < -0.4 is 5.56 Å². The predicted molar refractivity (Wildman–Crippen MR) is 88.9 cm³/mol. The number of H-pyrrole nitrogens is 1. The molecule has 0 radical (unpaired) electrons. The fourth-order valence-electron chi connectivity index (χ4n) is 2.32. The van der Waals surface area contributed by atoms with Crippen molar-refractivity contribution in [3.05, 3.63) is 40.4 Å². The largest absolute Gasteiger partial charge is 0.374 e. The first-order valence-electron chi connectivity index (χ1n) is 7.38. The number of fused-ring (bicyclic) bond motifs is 3. The summed E-state index contributed by atoms with van der Waals surface area (Å²) >= 11 is 0. The average molecular weight is 316 g/mol. The zero-order valence-corrected chi connectivity index (χ0v) is 14.1. The highest BCUT2D eigenvalue weighted by molar-refractivity contribution is 6.76. The van der Waals surface area contributed by atoms with Crippen molar-refractivity contribution in [1.29, 1.82) is 0 Å². The lowest BCUT2D eigenvalue weighted by Gasteiger charge is -2.15. The number of ether oxygens (including phenoxy) is 1. The predicted octanol–water partition coefficient (Wildman–Crippen LogP) is 2.43. The Balaban J connectivity index is 1.91. The monoisotopic (exact) mass is 316 g/mol. The van der Waals surface area contributed by atoms with Gasteiger partial charge in [-0.3, -0.25) is 14.2 Å². The smallest absolute Gasteiger partial charge is 0.260 e. The molecular weight excluding hydrogens is 296 g/mol. The Morgan fingerprint density at radius 2 is 2.00 bits per heavy atom. The quantitative estimate of drug-likeness (QED) is 0.579. The van der Waals surface area contributed by atoms with Gasteiger partial charge in [-0.1, -0.05) is 31.8 Å². The van der Waals surface area contributed by atoms with Gasteiger partial charge in [0.1, 0.15) is 6.61 Å². The van der Waals surface area contributed by atoms with E-state index in [1.807, 2.05) is 22.6 Å². The minimum absolute atomic E-state index is 0.151. The van der Waals surface area contributed by atoms with E-state index in [4.69, 9.17) is 4.74 Å². The molecule has 6 nitrogen and oxygen atoms in total. The van der Waals surface area contributed by atoms with Gasteiger partial charge in [-0.25, -0.2) is 0 Å². The van der Waals surface area contributed by atoms with Crippen LogP contribution >= 0.6 is 0 Å². The standard InChI is InChI=1S/C15H20N4O2Si/c1-22(2,3)9-8-21-10-13-17-18-15-16-14(20)11-6-4-5-7-12(11)19(13)15/h4-7H,8-10H2,1-3H3,(H,16,18,20). The lowest BCUT2D eigenvalue weighted by molar-refractivity contribution is 0.127. The van der Waals surface area contributed by atoms with Crippen LogP contribution in [0.2, 0.25) is 25.7 Å². The van der Waals surface area contributed by atoms with Crippen LogP contribution in [0.4, 0.5) is 0 Å². The van der Waals surface area contributed by atoms with Crippen molar-refractivity contribution in [2.45, 2.75) is 32.3 Å². The van der Waals surface area contributed by atoms with Crippen LogP contribution in [-0.2, 0) is 11.3 Å². The van der Waals surface area contributed by atoms with E-state index in [-0.39, 0.29) is 5.56 Å². The number of nitrogens with zero attached hydrogens (tertiary/aromatic N) is 3. The molecule has 0 atom stereocenters. The third kappa shape index (κ3) is 2.95. The van der Waals surface area contributed by atoms with Gasteiger partial charge in [-0.05, 0) is 18.2 Å². The van der Waals surface area contributed by atoms with E-state index in [1.165, 1.54) is 0 Å². The van der Waals surface area contributed by atoms with Crippen molar-refractivity contribution in [3.63, 3.8) is 0 Å². The molecule has 3 aromatic rings. The van der Waals surface area contributed by atoms with Gasteiger partial charge in [-0.2, -0.15) is 0 Å². The summed E-state index contributed by atoms with van der Waals surface area (Å²) in [6.07, 6.45) is 0. The summed E-state index contributed by atoms with van der Waals surface area (Å²) in [5.74, 6) is 1.16. The molecule has 1 aromatic carbocycles. The lowest BCUT2D eigenvalue weighted by Crippen LogP contribution is -2.21. The topological polar surface area (TPSA) is 72.3 Å². The van der Waals surface area contributed by atoms with Crippen molar-refractivity contribution >= 4 is 24.8 Å². The maximum atomic E-state index is 12.0. The van der Waals surface area contributed by atoms with Crippen LogP contribution in [0.15, 0.2) is 29.1 Å². The molecule has 0 bridgehead atoms. The molecule has 2 aromatic heterocycles. The summed E-state index contributed by atoms with van der Waals surface area (Å²) in [4.78, 5) is 14.8. The molecule has 22 heavy (non-hydrogen) atoms. The number of hydrogen-bond donors (Lipinski definition) is 1. The molecule has 7 heteroatoms. The van der Waals surface area contributed by atoms with E-state index in [0.717, 1.165) is 18.2 Å². The summed E-state index contributed by atoms with van der Waals surface area (Å²) < 4.78 is 7.61. The molecule has 2 heterocycles. The Labute approximate surface area is 129 Å². The summed E-state index contributed by atoms with van der Waals surface area (Å²) in [5, 5.41) is 8.82. The number of hydrogen-bond acceptors (Lipinski definition) is 4. The summed E-state index contributed by atoms with van der Waals surface area (Å²) in [5.41, 5.74) is 0.650. The third-order valence-corrected chi connectivity index (χ3v) is 5.28. The first kappa shape index (κ1) is 14.9. The number of aromatic nitrogens is 4. The van der Waals surface area contributed by atoms with Crippen LogP contribution in [0.3, 0.4) is 0 Å². The molecule has 116 valence electrons. The Morgan fingerprint density at radius 1 is 1.23 bits per heavy atom. The summed E-state index contributed by atoms with van der Waals surface area (Å²) in [6, 6.07) is 8.55. The molecule has 3 rings (SSSR count). The maximum absolute atomic E-state index is 12.0. The Kier molecular flexibility index (Phi) is 3.84. The van der Waals surface area contributed by atoms with Crippen molar-refractivity contribution in [1.82, 2.24) is 19.6 Å². The SMILES string of the molecule is C[Si](C)(C)CCOCc1nnc2[nH]c(=O)c3ccccc3n12. The molecule has 0 unspecified atom stereocenters. The summed E-state index contributed by atoms with van der Waals surface area (Å²) in [6.45, 7) is 8.08. The molecule has 0 aliphatic rings. The van der Waals surface area contributed by atoms with Gasteiger partial charge in [0.05, 0.1) is 10.9 Å². The van der Waals surface area contributed by atoms with Crippen LogP contribution in [0.1, 0.15) is 5.82 Å². The van der Waals surface area contributed by atoms with E-state index in [2.05, 4.69) is 34.8 Å². The Hall–Kier alpha value is -1.99. The van der Waals surface area contributed by atoms with Gasteiger partial charge in [0.25, 0.3) is 5.56 Å². The zero-order valence-electron chi connectivity index (χ0n) is 13.1. The van der Waals surface area contributed by atoms with E-state index in [1.54, 1.807) is 6.07 Å². The maximum Gasteiger partial charge on any atom is 0.260 e. The molecule has 0 aliphatic heterocycles. The second-order valence-corrected chi connectivity index (χ2v) is 12.2. The van der Waals surface area contributed by atoms with Gasteiger partial charge < -0.3 is 4.74 Å². The van der Waals surface area contributed by atoms with Crippen LogP contribution in [0, 0.1) is 0 Å². The third-order valence-electron chi connectivity index (χ3n) is 3.57. The van der Waals surface area contributed by atoms with Crippen molar-refractivity contribution in [2.24, 2.45) is 0 Å². The first-order valence-corrected chi connectivity index (χ1v) is 11.1. The van der Waals surface area contributed by atoms with Crippen LogP contribution in [0.25, 0.3) is 16.7 Å². The second-order valence-electron chi connectivity index (χ2n) is 6.61. The van der Waals surface area contributed by atoms with E-state index in [0.29, 0.717) is 23.6 Å². The molecule has 1 N–H and O–H groups in total. The molecule has 0 saturated carbocycles. The molecule has 0 fully saturated rings. The van der Waals surface area contributed by atoms with E-state index >= 15 is 0 Å². The zero-order chi connectivity index (χ0) is 15.7. The molecule has 0 aliphatic carbocycles. The average Bonchev–Trinajstić information content (AvgIpc) is 2.86. The number of nitrogens with one attached hydrogen (secondary N) is 1. The molecular formula is C15H20N4O2Si. The highest BCUT2D eigenvalue weighted by Gasteiger charge is 2.14. The van der Waals surface area contributed by atoms with Crippen LogP contribution in [0.5, 0.6) is 0 Å².